The Balaban J connectivity index is 2.08. The molecule has 5 nitrogen and oxygen atoms in total. The van der Waals surface area contributed by atoms with E-state index in [4.69, 9.17) is 14.6 Å². The first-order valence-corrected chi connectivity index (χ1v) is 9.55. The number of benzene rings is 1. The first-order valence-electron chi connectivity index (χ1n) is 9.55. The number of hydrogen-bond donors (Lipinski definition) is 3. The Morgan fingerprint density at radius 2 is 1.76 bits per heavy atom. The average Bonchev–Trinajstić information content (AvgIpc) is 2.62. The molecule has 0 aliphatic carbocycles. The van der Waals surface area contributed by atoms with Crippen molar-refractivity contribution in [2.75, 3.05) is 32.9 Å². The van der Waals surface area contributed by atoms with E-state index in [1.807, 2.05) is 24.3 Å². The minimum Gasteiger partial charge on any atom is -0.494 e. The van der Waals surface area contributed by atoms with Crippen LogP contribution >= 0.6 is 0 Å². The molecule has 0 heterocycles. The van der Waals surface area contributed by atoms with Crippen molar-refractivity contribution in [2.24, 2.45) is 0 Å². The summed E-state index contributed by atoms with van der Waals surface area (Å²) in [7, 11) is 0. The molecule has 3 N–H and O–H groups in total. The quantitative estimate of drug-likeness (QED) is 0.399. The van der Waals surface area contributed by atoms with Gasteiger partial charge in [-0.2, -0.15) is 0 Å². The molecule has 1 unspecified atom stereocenters. The Morgan fingerprint density at radius 3 is 2.48 bits per heavy atom. The van der Waals surface area contributed by atoms with Crippen molar-refractivity contribution in [2.45, 2.75) is 58.2 Å². The first-order chi connectivity index (χ1) is 12.3. The van der Waals surface area contributed by atoms with Crippen LogP contribution in [0.1, 0.15) is 51.0 Å². The molecule has 0 radical (unpaired) electrons. The maximum atomic E-state index is 9.70. The summed E-state index contributed by atoms with van der Waals surface area (Å²) in [5.41, 5.74) is 1.06. The van der Waals surface area contributed by atoms with Gasteiger partial charge in [0.1, 0.15) is 5.75 Å². The highest BCUT2D eigenvalue weighted by Gasteiger charge is 2.04. The molecule has 0 saturated carbocycles. The van der Waals surface area contributed by atoms with Gasteiger partial charge in [-0.15, -0.1) is 0 Å². The second kappa shape index (κ2) is 15.1. The SMILES string of the molecule is CCCCCCCCOc1ccc(COCC(O)CNCCO)cc1. The summed E-state index contributed by atoms with van der Waals surface area (Å²) < 4.78 is 11.3. The van der Waals surface area contributed by atoms with Gasteiger partial charge in [0.25, 0.3) is 0 Å². The first kappa shape index (κ1) is 21.9. The third kappa shape index (κ3) is 11.9. The molecule has 1 aromatic rings. The molecule has 144 valence electrons. The van der Waals surface area contributed by atoms with Crippen LogP contribution in [0.2, 0.25) is 0 Å². The molecular weight excluding hydrogens is 318 g/mol. The van der Waals surface area contributed by atoms with E-state index in [0.717, 1.165) is 24.3 Å². The molecule has 25 heavy (non-hydrogen) atoms. The van der Waals surface area contributed by atoms with Crippen LogP contribution in [0.15, 0.2) is 24.3 Å². The summed E-state index contributed by atoms with van der Waals surface area (Å²) in [6, 6.07) is 7.92. The lowest BCUT2D eigenvalue weighted by atomic mass is 10.1. The standard InChI is InChI=1S/C20H35NO4/c1-2-3-4-5-6-7-14-25-20-10-8-18(9-11-20)16-24-17-19(23)15-21-12-13-22/h8-11,19,21-23H,2-7,12-17H2,1H3. The lowest BCUT2D eigenvalue weighted by Crippen LogP contribution is -2.32. The average molecular weight is 354 g/mol. The molecule has 1 atom stereocenters. The molecule has 1 rings (SSSR count). The lowest BCUT2D eigenvalue weighted by molar-refractivity contribution is 0.0285. The minimum atomic E-state index is -0.563. The van der Waals surface area contributed by atoms with Gasteiger partial charge < -0.3 is 25.0 Å². The number of nitrogens with one attached hydrogen (secondary N) is 1. The van der Waals surface area contributed by atoms with Crippen molar-refractivity contribution in [1.29, 1.82) is 0 Å². The van der Waals surface area contributed by atoms with E-state index in [2.05, 4.69) is 12.2 Å². The van der Waals surface area contributed by atoms with Gasteiger partial charge >= 0.3 is 0 Å². The van der Waals surface area contributed by atoms with Crippen LogP contribution in [-0.4, -0.2) is 49.2 Å². The van der Waals surface area contributed by atoms with Crippen LogP contribution < -0.4 is 10.1 Å². The van der Waals surface area contributed by atoms with E-state index >= 15 is 0 Å². The van der Waals surface area contributed by atoms with Crippen molar-refractivity contribution in [3.8, 4) is 5.75 Å². The van der Waals surface area contributed by atoms with Crippen LogP contribution in [-0.2, 0) is 11.3 Å². The van der Waals surface area contributed by atoms with Gasteiger partial charge in [-0.05, 0) is 24.1 Å². The van der Waals surface area contributed by atoms with E-state index in [0.29, 0.717) is 19.7 Å². The molecule has 0 spiro atoms. The molecule has 0 bridgehead atoms. The van der Waals surface area contributed by atoms with E-state index in [1.165, 1.54) is 32.1 Å². The number of aliphatic hydroxyl groups is 2. The third-order valence-corrected chi connectivity index (χ3v) is 3.94. The van der Waals surface area contributed by atoms with Gasteiger partial charge in [0.15, 0.2) is 0 Å². The Morgan fingerprint density at radius 1 is 1.04 bits per heavy atom. The second-order valence-electron chi connectivity index (χ2n) is 6.36. The molecule has 0 fully saturated rings. The van der Waals surface area contributed by atoms with Crippen molar-refractivity contribution in [1.82, 2.24) is 5.32 Å². The predicted octanol–water partition coefficient (Wildman–Crippen LogP) is 2.89. The molecule has 0 aliphatic rings. The van der Waals surface area contributed by atoms with Crippen LogP contribution in [0.4, 0.5) is 0 Å². The molecule has 1 aromatic carbocycles. The summed E-state index contributed by atoms with van der Waals surface area (Å²) in [4.78, 5) is 0. The highest BCUT2D eigenvalue weighted by Crippen LogP contribution is 2.14. The molecule has 0 aliphatic heterocycles. The summed E-state index contributed by atoms with van der Waals surface area (Å²) in [6.07, 6.45) is 7.03. The summed E-state index contributed by atoms with van der Waals surface area (Å²) in [5, 5.41) is 21.3. The maximum absolute atomic E-state index is 9.70. The van der Waals surface area contributed by atoms with E-state index in [1.54, 1.807) is 0 Å². The topological polar surface area (TPSA) is 71.0 Å². The lowest BCUT2D eigenvalue weighted by Gasteiger charge is -2.12. The molecule has 0 saturated heterocycles. The Bertz CT molecular complexity index is 411. The van der Waals surface area contributed by atoms with Crippen LogP contribution in [0.25, 0.3) is 0 Å². The second-order valence-corrected chi connectivity index (χ2v) is 6.36. The van der Waals surface area contributed by atoms with Gasteiger partial charge in [0, 0.05) is 13.1 Å². The van der Waals surface area contributed by atoms with Crippen molar-refractivity contribution >= 4 is 0 Å². The number of hydrogen-bond acceptors (Lipinski definition) is 5. The van der Waals surface area contributed by atoms with Gasteiger partial charge in [-0.3, -0.25) is 0 Å². The highest BCUT2D eigenvalue weighted by molar-refractivity contribution is 5.26. The van der Waals surface area contributed by atoms with Gasteiger partial charge in [0.2, 0.25) is 0 Å². The summed E-state index contributed by atoms with van der Waals surface area (Å²) >= 11 is 0. The Labute approximate surface area is 152 Å². The van der Waals surface area contributed by atoms with Gasteiger partial charge in [0.05, 0.1) is 32.5 Å². The molecule has 0 amide bonds. The van der Waals surface area contributed by atoms with Gasteiger partial charge in [-0.25, -0.2) is 0 Å². The zero-order chi connectivity index (χ0) is 18.2. The predicted molar refractivity (Wildman–Crippen MR) is 101 cm³/mol. The van der Waals surface area contributed by atoms with Crippen molar-refractivity contribution in [3.05, 3.63) is 29.8 Å². The fourth-order valence-electron chi connectivity index (χ4n) is 2.47. The van der Waals surface area contributed by atoms with Crippen molar-refractivity contribution < 1.29 is 19.7 Å². The monoisotopic (exact) mass is 353 g/mol. The summed E-state index contributed by atoms with van der Waals surface area (Å²) in [6.45, 7) is 4.72. The maximum Gasteiger partial charge on any atom is 0.119 e. The zero-order valence-corrected chi connectivity index (χ0v) is 15.6. The fourth-order valence-corrected chi connectivity index (χ4v) is 2.47. The smallest absolute Gasteiger partial charge is 0.119 e. The third-order valence-electron chi connectivity index (χ3n) is 3.94. The fraction of sp³-hybridized carbons (Fsp3) is 0.700. The zero-order valence-electron chi connectivity index (χ0n) is 15.6. The number of rotatable bonds is 16. The van der Waals surface area contributed by atoms with E-state index in [9.17, 15) is 5.11 Å². The van der Waals surface area contributed by atoms with Crippen LogP contribution in [0.5, 0.6) is 5.75 Å². The molecule has 0 aromatic heterocycles. The van der Waals surface area contributed by atoms with Gasteiger partial charge in [-0.1, -0.05) is 51.2 Å². The molecule has 5 heteroatoms. The van der Waals surface area contributed by atoms with E-state index in [-0.39, 0.29) is 13.2 Å². The Kier molecular flexibility index (Phi) is 13.3. The largest absolute Gasteiger partial charge is 0.494 e. The van der Waals surface area contributed by atoms with Crippen molar-refractivity contribution in [3.63, 3.8) is 0 Å². The number of unbranched alkanes of at least 4 members (excludes halogenated alkanes) is 5. The van der Waals surface area contributed by atoms with Crippen LogP contribution in [0, 0.1) is 0 Å². The minimum absolute atomic E-state index is 0.0703. The Hall–Kier alpha value is -1.14. The van der Waals surface area contributed by atoms with E-state index < -0.39 is 6.10 Å². The number of ether oxygens (including phenoxy) is 2. The summed E-state index contributed by atoms with van der Waals surface area (Å²) in [5.74, 6) is 0.894. The number of aliphatic hydroxyl groups excluding tert-OH is 2. The normalized spacial score (nSPS) is 12.3. The molecular formula is C20H35NO4. The highest BCUT2D eigenvalue weighted by atomic mass is 16.5. The van der Waals surface area contributed by atoms with Crippen LogP contribution in [0.3, 0.4) is 0 Å².